The van der Waals surface area contributed by atoms with Gasteiger partial charge in [0.15, 0.2) is 0 Å². The standard InChI is InChI=1S/C13H14N3OP/c17-18(15-12-7-2-1-3-8-12)14-10-11-6-4-5-9-13(11)16-18/h1-9H,10H2,(H3,14,15,16,17). The van der Waals surface area contributed by atoms with E-state index < -0.39 is 7.59 Å². The molecule has 2 aromatic rings. The second-order valence-electron chi connectivity index (χ2n) is 4.19. The summed E-state index contributed by atoms with van der Waals surface area (Å²) >= 11 is 0. The molecule has 5 heteroatoms. The van der Waals surface area contributed by atoms with Crippen molar-refractivity contribution in [1.29, 1.82) is 0 Å². The van der Waals surface area contributed by atoms with Crippen LogP contribution in [0.25, 0.3) is 0 Å². The lowest BCUT2D eigenvalue weighted by molar-refractivity contribution is 0.570. The van der Waals surface area contributed by atoms with Crippen LogP contribution in [0.3, 0.4) is 0 Å². The summed E-state index contributed by atoms with van der Waals surface area (Å²) in [5.41, 5.74) is 2.88. The van der Waals surface area contributed by atoms with E-state index in [-0.39, 0.29) is 0 Å². The maximum Gasteiger partial charge on any atom is 0.328 e. The van der Waals surface area contributed by atoms with Gasteiger partial charge in [-0.15, -0.1) is 0 Å². The molecule has 0 radical (unpaired) electrons. The number of hydrogen-bond donors (Lipinski definition) is 3. The van der Waals surface area contributed by atoms with Gasteiger partial charge in [0.2, 0.25) is 0 Å². The largest absolute Gasteiger partial charge is 0.328 e. The maximum absolute atomic E-state index is 12.6. The lowest BCUT2D eigenvalue weighted by atomic mass is 10.2. The minimum Gasteiger partial charge on any atom is -0.308 e. The number of nitrogens with one attached hydrogen (secondary N) is 3. The summed E-state index contributed by atoms with van der Waals surface area (Å²) < 4.78 is 12.6. The fraction of sp³-hybridized carbons (Fsp3) is 0.0769. The fourth-order valence-corrected chi connectivity index (χ4v) is 3.63. The molecule has 18 heavy (non-hydrogen) atoms. The molecule has 1 atom stereocenters. The van der Waals surface area contributed by atoms with Gasteiger partial charge in [0.25, 0.3) is 0 Å². The summed E-state index contributed by atoms with van der Waals surface area (Å²) in [5, 5.41) is 9.12. The molecule has 1 aliphatic rings. The Hall–Kier alpha value is -1.77. The molecule has 0 aromatic heterocycles. The average molecular weight is 259 g/mol. The Morgan fingerprint density at radius 1 is 1.00 bits per heavy atom. The highest BCUT2D eigenvalue weighted by Crippen LogP contribution is 2.45. The molecule has 1 heterocycles. The van der Waals surface area contributed by atoms with Gasteiger partial charge in [-0.1, -0.05) is 36.4 Å². The summed E-state index contributed by atoms with van der Waals surface area (Å²) in [6.07, 6.45) is 0. The van der Waals surface area contributed by atoms with Gasteiger partial charge in [0, 0.05) is 17.9 Å². The maximum atomic E-state index is 12.6. The Morgan fingerprint density at radius 2 is 1.72 bits per heavy atom. The van der Waals surface area contributed by atoms with Crippen molar-refractivity contribution in [1.82, 2.24) is 5.09 Å². The fourth-order valence-electron chi connectivity index (χ4n) is 1.95. The van der Waals surface area contributed by atoms with Crippen LogP contribution in [0.1, 0.15) is 5.56 Å². The molecule has 0 bridgehead atoms. The summed E-state index contributed by atoms with van der Waals surface area (Å²) in [6, 6.07) is 17.4. The van der Waals surface area contributed by atoms with Crippen LogP contribution in [0.4, 0.5) is 11.4 Å². The third-order valence-corrected chi connectivity index (χ3v) is 4.58. The molecule has 2 aromatic carbocycles. The van der Waals surface area contributed by atoms with Gasteiger partial charge < -0.3 is 10.2 Å². The number of para-hydroxylation sites is 2. The van der Waals surface area contributed by atoms with Crippen LogP contribution in [-0.4, -0.2) is 0 Å². The Morgan fingerprint density at radius 3 is 2.56 bits per heavy atom. The van der Waals surface area contributed by atoms with Crippen LogP contribution >= 0.6 is 7.59 Å². The van der Waals surface area contributed by atoms with E-state index in [4.69, 9.17) is 0 Å². The second kappa shape index (κ2) is 4.48. The van der Waals surface area contributed by atoms with Crippen LogP contribution < -0.4 is 15.3 Å². The van der Waals surface area contributed by atoms with Gasteiger partial charge >= 0.3 is 7.59 Å². The molecular weight excluding hydrogens is 245 g/mol. The summed E-state index contributed by atoms with van der Waals surface area (Å²) in [6.45, 7) is 0.598. The number of benzene rings is 2. The summed E-state index contributed by atoms with van der Waals surface area (Å²) in [7, 11) is -2.82. The molecule has 0 saturated heterocycles. The zero-order chi connectivity index (χ0) is 12.4. The molecule has 3 N–H and O–H groups in total. The average Bonchev–Trinajstić information content (AvgIpc) is 2.39. The van der Waals surface area contributed by atoms with Crippen molar-refractivity contribution < 1.29 is 4.57 Å². The molecule has 4 nitrogen and oxygen atoms in total. The van der Waals surface area contributed by atoms with Crippen molar-refractivity contribution >= 4 is 19.0 Å². The first kappa shape index (κ1) is 11.3. The number of fused-ring (bicyclic) bond motifs is 1. The quantitative estimate of drug-likeness (QED) is 0.723. The SMILES string of the molecule is O=P1(Nc2ccccc2)NCc2ccccc2N1. The lowest BCUT2D eigenvalue weighted by Crippen LogP contribution is -2.26. The molecule has 1 unspecified atom stereocenters. The molecule has 0 spiro atoms. The van der Waals surface area contributed by atoms with Crippen molar-refractivity contribution in [3.63, 3.8) is 0 Å². The Bertz CT molecular complexity index is 600. The summed E-state index contributed by atoms with van der Waals surface area (Å²) in [5.74, 6) is 0. The molecule has 3 rings (SSSR count). The minimum absolute atomic E-state index is 0.598. The monoisotopic (exact) mass is 259 g/mol. The zero-order valence-corrected chi connectivity index (χ0v) is 10.7. The van der Waals surface area contributed by atoms with E-state index in [1.165, 1.54) is 0 Å². The van der Waals surface area contributed by atoms with Gasteiger partial charge in [-0.2, -0.15) is 0 Å². The Labute approximate surface area is 106 Å². The first-order valence-corrected chi connectivity index (χ1v) is 7.51. The third kappa shape index (κ3) is 2.26. The Kier molecular flexibility index (Phi) is 2.82. The van der Waals surface area contributed by atoms with Crippen molar-refractivity contribution in [3.8, 4) is 0 Å². The van der Waals surface area contributed by atoms with Crippen LogP contribution in [0.2, 0.25) is 0 Å². The smallest absolute Gasteiger partial charge is 0.308 e. The van der Waals surface area contributed by atoms with Crippen molar-refractivity contribution in [3.05, 3.63) is 60.2 Å². The lowest BCUT2D eigenvalue weighted by Gasteiger charge is -2.29. The van der Waals surface area contributed by atoms with Gasteiger partial charge in [-0.3, -0.25) is 4.57 Å². The van der Waals surface area contributed by atoms with E-state index in [0.29, 0.717) is 6.54 Å². The van der Waals surface area contributed by atoms with Gasteiger partial charge in [0.05, 0.1) is 0 Å². The van der Waals surface area contributed by atoms with Crippen molar-refractivity contribution in [2.75, 3.05) is 10.2 Å². The highest BCUT2D eigenvalue weighted by atomic mass is 31.2. The third-order valence-electron chi connectivity index (χ3n) is 2.85. The molecule has 92 valence electrons. The van der Waals surface area contributed by atoms with Gasteiger partial charge in [-0.25, -0.2) is 5.09 Å². The Balaban J connectivity index is 1.84. The molecule has 0 amide bonds. The van der Waals surface area contributed by atoms with Gasteiger partial charge in [-0.05, 0) is 23.8 Å². The molecule has 0 aliphatic carbocycles. The molecule has 1 aliphatic heterocycles. The van der Waals surface area contributed by atoms with E-state index in [2.05, 4.69) is 15.3 Å². The van der Waals surface area contributed by atoms with E-state index in [9.17, 15) is 4.57 Å². The normalized spacial score (nSPS) is 21.8. The van der Waals surface area contributed by atoms with Crippen molar-refractivity contribution in [2.24, 2.45) is 0 Å². The van der Waals surface area contributed by atoms with E-state index >= 15 is 0 Å². The highest BCUT2D eigenvalue weighted by molar-refractivity contribution is 7.65. The highest BCUT2D eigenvalue weighted by Gasteiger charge is 2.26. The number of hydrogen-bond acceptors (Lipinski definition) is 1. The predicted octanol–water partition coefficient (Wildman–Crippen LogP) is 3.42. The zero-order valence-electron chi connectivity index (χ0n) is 9.76. The van der Waals surface area contributed by atoms with Crippen molar-refractivity contribution in [2.45, 2.75) is 6.54 Å². The molecule has 0 fully saturated rings. The first-order chi connectivity index (χ1) is 8.75. The van der Waals surface area contributed by atoms with Crippen LogP contribution in [0.5, 0.6) is 0 Å². The molecule has 0 saturated carbocycles. The van der Waals surface area contributed by atoms with E-state index in [1.54, 1.807) is 0 Å². The van der Waals surface area contributed by atoms with E-state index in [1.807, 2.05) is 54.6 Å². The van der Waals surface area contributed by atoms with Gasteiger partial charge in [0.1, 0.15) is 0 Å². The topological polar surface area (TPSA) is 53.2 Å². The van der Waals surface area contributed by atoms with Crippen LogP contribution in [0, 0.1) is 0 Å². The summed E-state index contributed by atoms with van der Waals surface area (Å²) in [4.78, 5) is 0. The van der Waals surface area contributed by atoms with Crippen LogP contribution in [-0.2, 0) is 11.1 Å². The predicted molar refractivity (Wildman–Crippen MR) is 74.6 cm³/mol. The number of anilines is 2. The minimum atomic E-state index is -2.82. The first-order valence-electron chi connectivity index (χ1n) is 5.80. The van der Waals surface area contributed by atoms with E-state index in [0.717, 1.165) is 16.9 Å². The van der Waals surface area contributed by atoms with Crippen LogP contribution in [0.15, 0.2) is 54.6 Å². The number of rotatable bonds is 2. The second-order valence-corrected chi connectivity index (χ2v) is 6.17. The molecular formula is C13H14N3OP.